The van der Waals surface area contributed by atoms with Crippen molar-refractivity contribution in [3.8, 4) is 11.1 Å². The van der Waals surface area contributed by atoms with Gasteiger partial charge in [-0.3, -0.25) is 9.48 Å². The van der Waals surface area contributed by atoms with E-state index in [0.717, 1.165) is 34.5 Å². The second-order valence-electron chi connectivity index (χ2n) is 8.98. The number of Topliss-reactive ketones (excluding diaryl/α,β-unsaturated/α-hetero) is 1. The average molecular weight is 464 g/mol. The molecule has 0 aliphatic rings. The number of imidazole rings is 1. The van der Waals surface area contributed by atoms with Gasteiger partial charge in [0.1, 0.15) is 11.5 Å². The number of nitrogens with one attached hydrogen (secondary N) is 1. The van der Waals surface area contributed by atoms with E-state index in [0.29, 0.717) is 12.2 Å². The molecular formula is C29H29N5O. The van der Waals surface area contributed by atoms with Gasteiger partial charge in [-0.05, 0) is 37.5 Å². The van der Waals surface area contributed by atoms with Gasteiger partial charge in [-0.15, -0.1) is 0 Å². The summed E-state index contributed by atoms with van der Waals surface area (Å²) in [5, 5.41) is 7.77. The van der Waals surface area contributed by atoms with Crippen LogP contribution in [0.5, 0.6) is 0 Å². The topological polar surface area (TPSA) is 64.2 Å². The summed E-state index contributed by atoms with van der Waals surface area (Å²) in [7, 11) is 1.90. The van der Waals surface area contributed by atoms with Crippen LogP contribution in [0.15, 0.2) is 85.3 Å². The predicted octanol–water partition coefficient (Wildman–Crippen LogP) is 5.11. The summed E-state index contributed by atoms with van der Waals surface area (Å²) in [5.74, 6) is 0.750. The standard InChI is InChI=1S/C29H29N5O/c1-20-9-11-22(12-10-20)15-16-30-27(23-7-5-4-6-8-23)29(35)28-26-14-13-24(19-34(26)21(2)32-28)25-17-31-33(3)18-25/h4-14,17-19,27,30H,15-16H2,1-3H3/t27-/m0/s1. The molecule has 35 heavy (non-hydrogen) atoms. The minimum absolute atomic E-state index is 0.0279. The van der Waals surface area contributed by atoms with Crippen LogP contribution in [0, 0.1) is 13.8 Å². The van der Waals surface area contributed by atoms with E-state index in [9.17, 15) is 4.79 Å². The number of aryl methyl sites for hydroxylation is 3. The minimum atomic E-state index is -0.474. The van der Waals surface area contributed by atoms with E-state index in [2.05, 4.69) is 41.6 Å². The molecule has 2 aromatic carbocycles. The second kappa shape index (κ2) is 9.68. The number of rotatable bonds is 8. The van der Waals surface area contributed by atoms with E-state index < -0.39 is 6.04 Å². The van der Waals surface area contributed by atoms with Crippen LogP contribution in [0.1, 0.15) is 39.0 Å². The smallest absolute Gasteiger partial charge is 0.204 e. The Morgan fingerprint density at radius 3 is 2.43 bits per heavy atom. The molecule has 176 valence electrons. The maximum Gasteiger partial charge on any atom is 0.204 e. The van der Waals surface area contributed by atoms with Gasteiger partial charge in [0.25, 0.3) is 0 Å². The zero-order valence-corrected chi connectivity index (χ0v) is 20.3. The molecule has 5 rings (SSSR count). The molecule has 0 saturated carbocycles. The van der Waals surface area contributed by atoms with Crippen molar-refractivity contribution >= 4 is 11.3 Å². The normalized spacial score (nSPS) is 12.2. The third-order valence-corrected chi connectivity index (χ3v) is 6.36. The number of carbonyl (C=O) groups is 1. The second-order valence-corrected chi connectivity index (χ2v) is 8.98. The quantitative estimate of drug-likeness (QED) is 0.325. The molecular weight excluding hydrogens is 434 g/mol. The Kier molecular flexibility index (Phi) is 6.29. The lowest BCUT2D eigenvalue weighted by atomic mass is 9.99. The molecule has 6 heteroatoms. The number of nitrogens with zero attached hydrogens (tertiary/aromatic N) is 4. The van der Waals surface area contributed by atoms with Crippen molar-refractivity contribution in [2.75, 3.05) is 6.54 Å². The average Bonchev–Trinajstić information content (AvgIpc) is 3.46. The number of aromatic nitrogens is 4. The minimum Gasteiger partial charge on any atom is -0.303 e. The molecule has 3 aromatic heterocycles. The van der Waals surface area contributed by atoms with Crippen LogP contribution in [0.2, 0.25) is 0 Å². The van der Waals surface area contributed by atoms with Crippen molar-refractivity contribution in [2.24, 2.45) is 7.05 Å². The largest absolute Gasteiger partial charge is 0.303 e. The fraction of sp³-hybridized carbons (Fsp3) is 0.207. The third-order valence-electron chi connectivity index (χ3n) is 6.36. The van der Waals surface area contributed by atoms with Crippen LogP contribution >= 0.6 is 0 Å². The van der Waals surface area contributed by atoms with Gasteiger partial charge in [0.2, 0.25) is 5.78 Å². The molecule has 6 nitrogen and oxygen atoms in total. The lowest BCUT2D eigenvalue weighted by molar-refractivity contribution is 0.0940. The fourth-order valence-corrected chi connectivity index (χ4v) is 4.42. The van der Waals surface area contributed by atoms with E-state index in [1.54, 1.807) is 4.68 Å². The first-order valence-corrected chi connectivity index (χ1v) is 11.9. The van der Waals surface area contributed by atoms with E-state index in [-0.39, 0.29) is 5.78 Å². The molecule has 3 heterocycles. The highest BCUT2D eigenvalue weighted by Crippen LogP contribution is 2.25. The zero-order chi connectivity index (χ0) is 24.4. The Hall–Kier alpha value is -4.03. The van der Waals surface area contributed by atoms with Gasteiger partial charge in [0, 0.05) is 37.1 Å². The highest BCUT2D eigenvalue weighted by Gasteiger charge is 2.26. The van der Waals surface area contributed by atoms with Gasteiger partial charge in [-0.1, -0.05) is 66.2 Å². The van der Waals surface area contributed by atoms with Crippen LogP contribution in [-0.2, 0) is 13.5 Å². The van der Waals surface area contributed by atoms with Crippen LogP contribution in [0.3, 0.4) is 0 Å². The van der Waals surface area contributed by atoms with Crippen LogP contribution in [-0.4, -0.2) is 31.5 Å². The summed E-state index contributed by atoms with van der Waals surface area (Å²) < 4.78 is 3.77. The number of ketones is 1. The number of hydrogen-bond acceptors (Lipinski definition) is 4. The maximum absolute atomic E-state index is 13.9. The Labute approximate surface area is 205 Å². The molecule has 0 saturated heterocycles. The predicted molar refractivity (Wildman–Crippen MR) is 139 cm³/mol. The molecule has 5 aromatic rings. The molecule has 0 aliphatic carbocycles. The first-order valence-electron chi connectivity index (χ1n) is 11.9. The van der Waals surface area contributed by atoms with Gasteiger partial charge < -0.3 is 9.72 Å². The Morgan fingerprint density at radius 1 is 0.943 bits per heavy atom. The van der Waals surface area contributed by atoms with E-state index in [1.165, 1.54) is 11.1 Å². The molecule has 1 N–H and O–H groups in total. The lowest BCUT2D eigenvalue weighted by Gasteiger charge is -2.18. The molecule has 0 amide bonds. The summed E-state index contributed by atoms with van der Waals surface area (Å²) >= 11 is 0. The number of fused-ring (bicyclic) bond motifs is 1. The molecule has 0 aliphatic heterocycles. The zero-order valence-electron chi connectivity index (χ0n) is 20.3. The summed E-state index contributed by atoms with van der Waals surface area (Å²) in [6.07, 6.45) is 6.67. The summed E-state index contributed by atoms with van der Waals surface area (Å²) in [6, 6.07) is 21.9. The Bertz CT molecular complexity index is 1460. The highest BCUT2D eigenvalue weighted by atomic mass is 16.1. The first-order chi connectivity index (χ1) is 17.0. The Balaban J connectivity index is 1.44. The number of carbonyl (C=O) groups excluding carboxylic acids is 1. The lowest BCUT2D eigenvalue weighted by Crippen LogP contribution is -2.30. The van der Waals surface area contributed by atoms with Crippen molar-refractivity contribution in [1.29, 1.82) is 0 Å². The van der Waals surface area contributed by atoms with Crippen LogP contribution in [0.25, 0.3) is 16.6 Å². The van der Waals surface area contributed by atoms with Gasteiger partial charge in [0.15, 0.2) is 0 Å². The summed E-state index contributed by atoms with van der Waals surface area (Å²) in [5.41, 5.74) is 6.77. The fourth-order valence-electron chi connectivity index (χ4n) is 4.42. The molecule has 0 radical (unpaired) electrons. The van der Waals surface area contributed by atoms with Crippen LogP contribution < -0.4 is 5.32 Å². The van der Waals surface area contributed by atoms with Crippen molar-refractivity contribution < 1.29 is 4.79 Å². The van der Waals surface area contributed by atoms with Gasteiger partial charge in [-0.25, -0.2) is 4.98 Å². The number of benzene rings is 2. The van der Waals surface area contributed by atoms with Gasteiger partial charge >= 0.3 is 0 Å². The number of hydrogen-bond donors (Lipinski definition) is 1. The summed E-state index contributed by atoms with van der Waals surface area (Å²) in [4.78, 5) is 18.6. The van der Waals surface area contributed by atoms with E-state index in [1.807, 2.05) is 79.4 Å². The van der Waals surface area contributed by atoms with Crippen molar-refractivity contribution in [1.82, 2.24) is 24.5 Å². The van der Waals surface area contributed by atoms with E-state index in [4.69, 9.17) is 4.98 Å². The van der Waals surface area contributed by atoms with Gasteiger partial charge in [-0.2, -0.15) is 5.10 Å². The maximum atomic E-state index is 13.9. The van der Waals surface area contributed by atoms with Crippen molar-refractivity contribution in [2.45, 2.75) is 26.3 Å². The third kappa shape index (κ3) is 4.79. The van der Waals surface area contributed by atoms with E-state index >= 15 is 0 Å². The monoisotopic (exact) mass is 463 g/mol. The number of pyridine rings is 1. The van der Waals surface area contributed by atoms with Crippen molar-refractivity contribution in [3.63, 3.8) is 0 Å². The summed E-state index contributed by atoms with van der Waals surface area (Å²) in [6.45, 7) is 4.70. The van der Waals surface area contributed by atoms with Gasteiger partial charge in [0.05, 0.1) is 17.8 Å². The molecule has 1 atom stereocenters. The first kappa shape index (κ1) is 22.7. The van der Waals surface area contributed by atoms with Crippen LogP contribution in [0.4, 0.5) is 0 Å². The Morgan fingerprint density at radius 2 is 1.71 bits per heavy atom. The molecule has 0 bridgehead atoms. The molecule has 0 spiro atoms. The molecule has 0 unspecified atom stereocenters. The highest BCUT2D eigenvalue weighted by molar-refractivity contribution is 6.04. The van der Waals surface area contributed by atoms with Crippen molar-refractivity contribution in [3.05, 3.63) is 114 Å². The SMILES string of the molecule is Cc1ccc(CCN[C@H](C(=O)c2nc(C)n3cc(-c4cnn(C)c4)ccc23)c2ccccc2)cc1. The molecule has 0 fully saturated rings.